The lowest BCUT2D eigenvalue weighted by Crippen LogP contribution is -2.47. The molecule has 120 valence electrons. The predicted octanol–water partition coefficient (Wildman–Crippen LogP) is 2.15. The third kappa shape index (κ3) is 2.77. The fraction of sp³-hybridized carbons (Fsp3) is 0.444. The molecule has 1 N–H and O–H groups in total. The van der Waals surface area contributed by atoms with Crippen LogP contribution in [0.15, 0.2) is 39.5 Å². The van der Waals surface area contributed by atoms with Crippen LogP contribution in [0, 0.1) is 0 Å². The van der Waals surface area contributed by atoms with Crippen LogP contribution >= 0.6 is 0 Å². The molecule has 0 atom stereocenters. The number of benzene rings is 1. The van der Waals surface area contributed by atoms with Gasteiger partial charge in [-0.15, -0.1) is 0 Å². The maximum atomic E-state index is 13.0. The second-order valence-electron chi connectivity index (χ2n) is 6.40. The zero-order valence-electron chi connectivity index (χ0n) is 13.0. The van der Waals surface area contributed by atoms with E-state index in [9.17, 15) is 9.59 Å². The van der Waals surface area contributed by atoms with Gasteiger partial charge in [-0.1, -0.05) is 12.1 Å². The molecule has 1 saturated heterocycles. The fourth-order valence-electron chi connectivity index (χ4n) is 3.40. The van der Waals surface area contributed by atoms with Crippen molar-refractivity contribution < 1.29 is 9.21 Å². The van der Waals surface area contributed by atoms with Gasteiger partial charge in [0.1, 0.15) is 5.58 Å². The van der Waals surface area contributed by atoms with Crippen molar-refractivity contribution in [3.8, 4) is 0 Å². The second kappa shape index (κ2) is 5.81. The van der Waals surface area contributed by atoms with Crippen LogP contribution in [0.3, 0.4) is 0 Å². The zero-order chi connectivity index (χ0) is 15.8. The summed E-state index contributed by atoms with van der Waals surface area (Å²) in [6.07, 6.45) is 4.01. The van der Waals surface area contributed by atoms with E-state index in [2.05, 4.69) is 5.32 Å². The normalized spacial score (nSPS) is 19.0. The summed E-state index contributed by atoms with van der Waals surface area (Å²) in [6.45, 7) is 1.87. The van der Waals surface area contributed by atoms with Crippen LogP contribution < -0.4 is 10.7 Å². The molecule has 5 heteroatoms. The smallest absolute Gasteiger partial charge is 0.290 e. The van der Waals surface area contributed by atoms with Gasteiger partial charge in [0.05, 0.1) is 5.39 Å². The molecule has 0 spiro atoms. The number of nitrogens with zero attached hydrogens (tertiary/aromatic N) is 1. The summed E-state index contributed by atoms with van der Waals surface area (Å²) >= 11 is 0. The highest BCUT2D eigenvalue weighted by molar-refractivity contribution is 5.93. The van der Waals surface area contributed by atoms with E-state index in [1.54, 1.807) is 18.2 Å². The SMILES string of the molecule is O=C(c1cc(=O)c2ccccc2o1)N(C1CCNCC1)C1CC1. The van der Waals surface area contributed by atoms with Gasteiger partial charge < -0.3 is 14.6 Å². The van der Waals surface area contributed by atoms with E-state index in [-0.39, 0.29) is 23.1 Å². The number of carbonyl (C=O) groups excluding carboxylic acids is 1. The van der Waals surface area contributed by atoms with Gasteiger partial charge in [0.15, 0.2) is 11.2 Å². The van der Waals surface area contributed by atoms with Crippen LogP contribution in [0.4, 0.5) is 0 Å². The number of para-hydroxylation sites is 1. The molecular formula is C18H20N2O3. The van der Waals surface area contributed by atoms with Crippen LogP contribution in [-0.2, 0) is 0 Å². The van der Waals surface area contributed by atoms with Gasteiger partial charge in [-0.25, -0.2) is 0 Å². The molecular weight excluding hydrogens is 292 g/mol. The molecule has 2 heterocycles. The van der Waals surface area contributed by atoms with Gasteiger partial charge in [-0.2, -0.15) is 0 Å². The monoisotopic (exact) mass is 312 g/mol. The number of hydrogen-bond acceptors (Lipinski definition) is 4. The summed E-state index contributed by atoms with van der Waals surface area (Å²) in [4.78, 5) is 27.2. The van der Waals surface area contributed by atoms with Crippen LogP contribution in [0.2, 0.25) is 0 Å². The van der Waals surface area contributed by atoms with E-state index < -0.39 is 0 Å². The lowest BCUT2D eigenvalue weighted by molar-refractivity contribution is 0.0591. The molecule has 1 saturated carbocycles. The Morgan fingerprint density at radius 2 is 1.78 bits per heavy atom. The first-order chi connectivity index (χ1) is 11.2. The summed E-state index contributed by atoms with van der Waals surface area (Å²) in [7, 11) is 0. The third-order valence-electron chi connectivity index (χ3n) is 4.72. The Morgan fingerprint density at radius 3 is 2.52 bits per heavy atom. The number of carbonyl (C=O) groups is 1. The Kier molecular flexibility index (Phi) is 3.65. The van der Waals surface area contributed by atoms with Crippen molar-refractivity contribution >= 4 is 16.9 Å². The lowest BCUT2D eigenvalue weighted by Gasteiger charge is -2.34. The Bertz CT molecular complexity index is 788. The molecule has 23 heavy (non-hydrogen) atoms. The van der Waals surface area contributed by atoms with E-state index in [0.29, 0.717) is 17.0 Å². The summed E-state index contributed by atoms with van der Waals surface area (Å²) in [6, 6.07) is 8.97. The van der Waals surface area contributed by atoms with Crippen molar-refractivity contribution in [3.05, 3.63) is 46.3 Å². The first-order valence-electron chi connectivity index (χ1n) is 8.30. The Morgan fingerprint density at radius 1 is 1.09 bits per heavy atom. The van der Waals surface area contributed by atoms with Gasteiger partial charge in [0, 0.05) is 18.2 Å². The van der Waals surface area contributed by atoms with Gasteiger partial charge in [0.2, 0.25) is 0 Å². The average molecular weight is 312 g/mol. The molecule has 1 amide bonds. The zero-order valence-corrected chi connectivity index (χ0v) is 13.0. The van der Waals surface area contributed by atoms with Crippen molar-refractivity contribution in [1.29, 1.82) is 0 Å². The molecule has 0 radical (unpaired) electrons. The molecule has 2 aliphatic rings. The molecule has 0 bridgehead atoms. The number of nitrogens with one attached hydrogen (secondary N) is 1. The standard InChI is InChI=1S/C18H20N2O3/c21-15-11-17(23-16-4-2-1-3-14(15)16)18(22)20(12-5-6-12)13-7-9-19-10-8-13/h1-4,11-13,19H,5-10H2. The quantitative estimate of drug-likeness (QED) is 0.943. The van der Waals surface area contributed by atoms with Gasteiger partial charge in [-0.05, 0) is 50.9 Å². The number of rotatable bonds is 3. The second-order valence-corrected chi connectivity index (χ2v) is 6.40. The first kappa shape index (κ1) is 14.5. The van der Waals surface area contributed by atoms with Crippen molar-refractivity contribution in [2.75, 3.05) is 13.1 Å². The average Bonchev–Trinajstić information content (AvgIpc) is 3.41. The third-order valence-corrected chi connectivity index (χ3v) is 4.72. The maximum Gasteiger partial charge on any atom is 0.290 e. The van der Waals surface area contributed by atoms with E-state index in [1.165, 1.54) is 6.07 Å². The molecule has 1 aromatic heterocycles. The molecule has 1 aliphatic heterocycles. The molecule has 2 fully saturated rings. The summed E-state index contributed by atoms with van der Waals surface area (Å²) in [5.74, 6) is 0.0291. The Hall–Kier alpha value is -2.14. The highest BCUT2D eigenvalue weighted by Gasteiger charge is 2.39. The van der Waals surface area contributed by atoms with Crippen LogP contribution in [0.25, 0.3) is 11.0 Å². The van der Waals surface area contributed by atoms with Gasteiger partial charge in [-0.3, -0.25) is 9.59 Å². The van der Waals surface area contributed by atoms with E-state index in [0.717, 1.165) is 38.8 Å². The topological polar surface area (TPSA) is 62.6 Å². The molecule has 4 rings (SSSR count). The molecule has 5 nitrogen and oxygen atoms in total. The Balaban J connectivity index is 1.70. The molecule has 1 aromatic carbocycles. The molecule has 1 aliphatic carbocycles. The lowest BCUT2D eigenvalue weighted by atomic mass is 10.0. The summed E-state index contributed by atoms with van der Waals surface area (Å²) in [5.41, 5.74) is 0.320. The molecule has 2 aromatic rings. The highest BCUT2D eigenvalue weighted by Crippen LogP contribution is 2.32. The van der Waals surface area contributed by atoms with Crippen molar-refractivity contribution in [2.45, 2.75) is 37.8 Å². The number of fused-ring (bicyclic) bond motifs is 1. The minimum Gasteiger partial charge on any atom is -0.451 e. The van der Waals surface area contributed by atoms with Crippen molar-refractivity contribution in [1.82, 2.24) is 10.2 Å². The van der Waals surface area contributed by atoms with Crippen molar-refractivity contribution in [3.63, 3.8) is 0 Å². The Labute approximate surface area is 134 Å². The minimum absolute atomic E-state index is 0.137. The summed E-state index contributed by atoms with van der Waals surface area (Å²) < 4.78 is 5.75. The first-order valence-corrected chi connectivity index (χ1v) is 8.30. The maximum absolute atomic E-state index is 13.0. The summed E-state index contributed by atoms with van der Waals surface area (Å²) in [5, 5.41) is 3.85. The van der Waals surface area contributed by atoms with E-state index >= 15 is 0 Å². The van der Waals surface area contributed by atoms with Crippen LogP contribution in [0.1, 0.15) is 36.2 Å². The number of hydrogen-bond donors (Lipinski definition) is 1. The van der Waals surface area contributed by atoms with Crippen LogP contribution in [-0.4, -0.2) is 36.0 Å². The highest BCUT2D eigenvalue weighted by atomic mass is 16.3. The van der Waals surface area contributed by atoms with Gasteiger partial charge >= 0.3 is 0 Å². The van der Waals surface area contributed by atoms with E-state index in [4.69, 9.17) is 4.42 Å². The molecule has 0 unspecified atom stereocenters. The minimum atomic E-state index is -0.156. The van der Waals surface area contributed by atoms with E-state index in [1.807, 2.05) is 11.0 Å². The number of piperidine rings is 1. The largest absolute Gasteiger partial charge is 0.451 e. The number of amides is 1. The fourth-order valence-corrected chi connectivity index (χ4v) is 3.40. The van der Waals surface area contributed by atoms with Gasteiger partial charge in [0.25, 0.3) is 5.91 Å². The van der Waals surface area contributed by atoms with Crippen LogP contribution in [0.5, 0.6) is 0 Å². The van der Waals surface area contributed by atoms with Crippen molar-refractivity contribution in [2.24, 2.45) is 0 Å². The predicted molar refractivity (Wildman–Crippen MR) is 87.6 cm³/mol.